The molecule has 1 fully saturated rings. The zero-order valence-corrected chi connectivity index (χ0v) is 16.6. The molecule has 2 aromatic heterocycles. The van der Waals surface area contributed by atoms with Crippen LogP contribution in [0.1, 0.15) is 27.6 Å². The van der Waals surface area contributed by atoms with Gasteiger partial charge in [-0.15, -0.1) is 0 Å². The lowest BCUT2D eigenvalue weighted by molar-refractivity contribution is -0.383. The minimum absolute atomic E-state index is 0.0106. The lowest BCUT2D eigenvalue weighted by atomic mass is 10.1. The fourth-order valence-corrected chi connectivity index (χ4v) is 3.82. The smallest absolute Gasteiger partial charge is 0.295 e. The summed E-state index contributed by atoms with van der Waals surface area (Å²) in [4.78, 5) is 59.0. The Morgan fingerprint density at radius 2 is 1.90 bits per heavy atom. The van der Waals surface area contributed by atoms with Crippen molar-refractivity contribution in [2.24, 2.45) is 0 Å². The van der Waals surface area contributed by atoms with Crippen molar-refractivity contribution in [3.8, 4) is 0 Å². The Morgan fingerprint density at radius 3 is 2.58 bits per heavy atom. The Hall–Kier alpha value is -4.08. The molecule has 2 amide bonds. The standard InChI is InChI=1S/C21H19N5O5/c1-13-12-24(20(28)14-5-3-2-4-6-14)9-10-25(13)21(29)18(27)15-11-23-19-17(15)16(26(30)31)7-8-22-19/h2-8,11,13H,9-10,12H2,1H3,(H,22,23). The van der Waals surface area contributed by atoms with Gasteiger partial charge < -0.3 is 14.8 Å². The molecule has 0 saturated carbocycles. The fourth-order valence-electron chi connectivity index (χ4n) is 3.82. The van der Waals surface area contributed by atoms with Gasteiger partial charge in [-0.05, 0) is 19.1 Å². The predicted molar refractivity (Wildman–Crippen MR) is 111 cm³/mol. The molecule has 10 heteroatoms. The molecule has 0 aliphatic carbocycles. The molecule has 1 unspecified atom stereocenters. The minimum atomic E-state index is -0.850. The molecule has 0 radical (unpaired) electrons. The van der Waals surface area contributed by atoms with Crippen molar-refractivity contribution in [2.75, 3.05) is 19.6 Å². The second kappa shape index (κ2) is 7.98. The zero-order chi connectivity index (χ0) is 22.1. The molecule has 1 aromatic carbocycles. The molecular formula is C21H19N5O5. The molecule has 1 aliphatic heterocycles. The lowest BCUT2D eigenvalue weighted by Crippen LogP contribution is -2.56. The van der Waals surface area contributed by atoms with E-state index >= 15 is 0 Å². The Morgan fingerprint density at radius 1 is 1.16 bits per heavy atom. The number of fused-ring (bicyclic) bond motifs is 1. The van der Waals surface area contributed by atoms with E-state index in [0.29, 0.717) is 5.56 Å². The van der Waals surface area contributed by atoms with Gasteiger partial charge in [-0.1, -0.05) is 18.2 Å². The van der Waals surface area contributed by atoms with E-state index in [-0.39, 0.29) is 47.8 Å². The molecule has 1 saturated heterocycles. The van der Waals surface area contributed by atoms with Crippen LogP contribution in [0.15, 0.2) is 48.8 Å². The van der Waals surface area contributed by atoms with Gasteiger partial charge >= 0.3 is 0 Å². The Bertz CT molecular complexity index is 1190. The number of Topliss-reactive ketones (excluding diaryl/α,β-unsaturated/α-hetero) is 1. The van der Waals surface area contributed by atoms with E-state index in [1.165, 1.54) is 23.4 Å². The number of hydrogen-bond acceptors (Lipinski definition) is 6. The van der Waals surface area contributed by atoms with Gasteiger partial charge in [-0.25, -0.2) is 4.98 Å². The van der Waals surface area contributed by atoms with E-state index < -0.39 is 22.7 Å². The molecule has 158 valence electrons. The SMILES string of the molecule is CC1CN(C(=O)c2ccccc2)CCN1C(=O)C(=O)c1c[nH]c2nccc([N+](=O)[O-])c12. The van der Waals surface area contributed by atoms with Gasteiger partial charge in [-0.3, -0.25) is 24.5 Å². The van der Waals surface area contributed by atoms with Crippen LogP contribution in [-0.4, -0.2) is 68.0 Å². The summed E-state index contributed by atoms with van der Waals surface area (Å²) < 4.78 is 0. The van der Waals surface area contributed by atoms with Crippen molar-refractivity contribution in [2.45, 2.75) is 13.0 Å². The summed E-state index contributed by atoms with van der Waals surface area (Å²) in [5.41, 5.74) is 0.337. The Kier molecular flexibility index (Phi) is 5.20. The van der Waals surface area contributed by atoms with Crippen molar-refractivity contribution in [1.29, 1.82) is 0 Å². The topological polar surface area (TPSA) is 130 Å². The van der Waals surface area contributed by atoms with Gasteiger partial charge in [0.2, 0.25) is 0 Å². The van der Waals surface area contributed by atoms with Gasteiger partial charge in [0.05, 0.1) is 10.5 Å². The number of nitro groups is 1. The average molecular weight is 421 g/mol. The Labute approximate surface area is 176 Å². The van der Waals surface area contributed by atoms with Crippen LogP contribution in [0.4, 0.5) is 5.69 Å². The number of amides is 2. The predicted octanol–water partition coefficient (Wildman–Crippen LogP) is 2.03. The first-order valence-electron chi connectivity index (χ1n) is 9.68. The van der Waals surface area contributed by atoms with Crippen LogP contribution in [0.3, 0.4) is 0 Å². The molecule has 4 rings (SSSR count). The first-order chi connectivity index (χ1) is 14.9. The van der Waals surface area contributed by atoms with Crippen molar-refractivity contribution in [1.82, 2.24) is 19.8 Å². The third-order valence-corrected chi connectivity index (χ3v) is 5.38. The quantitative estimate of drug-likeness (QED) is 0.297. The third kappa shape index (κ3) is 3.63. The van der Waals surface area contributed by atoms with Crippen molar-refractivity contribution >= 4 is 34.3 Å². The molecule has 10 nitrogen and oxygen atoms in total. The first-order valence-corrected chi connectivity index (χ1v) is 9.68. The number of nitrogens with one attached hydrogen (secondary N) is 1. The number of nitrogens with zero attached hydrogens (tertiary/aromatic N) is 4. The molecule has 31 heavy (non-hydrogen) atoms. The maximum Gasteiger partial charge on any atom is 0.295 e. The fraction of sp³-hybridized carbons (Fsp3) is 0.238. The normalized spacial score (nSPS) is 16.4. The second-order valence-corrected chi connectivity index (χ2v) is 7.31. The number of pyridine rings is 1. The number of hydrogen-bond donors (Lipinski definition) is 1. The summed E-state index contributed by atoms with van der Waals surface area (Å²) in [5.74, 6) is -1.75. The highest BCUT2D eigenvalue weighted by molar-refractivity contribution is 6.45. The van der Waals surface area contributed by atoms with E-state index in [1.54, 1.807) is 36.1 Å². The van der Waals surface area contributed by atoms with Crippen LogP contribution in [0, 0.1) is 10.1 Å². The monoisotopic (exact) mass is 421 g/mol. The number of carbonyl (C=O) groups excluding carboxylic acids is 3. The van der Waals surface area contributed by atoms with Crippen LogP contribution in [0.5, 0.6) is 0 Å². The molecule has 1 N–H and O–H groups in total. The number of aromatic amines is 1. The van der Waals surface area contributed by atoms with Crippen LogP contribution in [-0.2, 0) is 4.79 Å². The van der Waals surface area contributed by atoms with Gasteiger partial charge in [0.25, 0.3) is 23.3 Å². The van der Waals surface area contributed by atoms with Gasteiger partial charge in [0, 0.05) is 49.7 Å². The highest BCUT2D eigenvalue weighted by Crippen LogP contribution is 2.28. The number of aromatic nitrogens is 2. The maximum atomic E-state index is 12.9. The minimum Gasteiger partial charge on any atom is -0.345 e. The van der Waals surface area contributed by atoms with E-state index in [2.05, 4.69) is 9.97 Å². The number of ketones is 1. The summed E-state index contributed by atoms with van der Waals surface area (Å²) in [6.45, 7) is 2.51. The van der Waals surface area contributed by atoms with E-state index in [1.807, 2.05) is 6.07 Å². The van der Waals surface area contributed by atoms with Crippen LogP contribution in [0.25, 0.3) is 11.0 Å². The maximum absolute atomic E-state index is 12.9. The van der Waals surface area contributed by atoms with Gasteiger partial charge in [0.1, 0.15) is 11.0 Å². The molecule has 3 aromatic rings. The van der Waals surface area contributed by atoms with E-state index in [9.17, 15) is 24.5 Å². The lowest BCUT2D eigenvalue weighted by Gasteiger charge is -2.39. The molecule has 0 spiro atoms. The molecule has 0 bridgehead atoms. The van der Waals surface area contributed by atoms with Gasteiger partial charge in [0.15, 0.2) is 0 Å². The summed E-state index contributed by atoms with van der Waals surface area (Å²) in [6, 6.07) is 9.64. The van der Waals surface area contributed by atoms with E-state index in [4.69, 9.17) is 0 Å². The van der Waals surface area contributed by atoms with Crippen LogP contribution < -0.4 is 0 Å². The highest BCUT2D eigenvalue weighted by atomic mass is 16.6. The van der Waals surface area contributed by atoms with Crippen molar-refractivity contribution < 1.29 is 19.3 Å². The molecule has 1 atom stereocenters. The second-order valence-electron chi connectivity index (χ2n) is 7.31. The summed E-state index contributed by atoms with van der Waals surface area (Å²) in [5, 5.41) is 11.4. The number of piperazine rings is 1. The molecule has 3 heterocycles. The largest absolute Gasteiger partial charge is 0.345 e. The van der Waals surface area contributed by atoms with Crippen LogP contribution >= 0.6 is 0 Å². The van der Waals surface area contributed by atoms with Crippen LogP contribution in [0.2, 0.25) is 0 Å². The zero-order valence-electron chi connectivity index (χ0n) is 16.6. The highest BCUT2D eigenvalue weighted by Gasteiger charge is 2.35. The van der Waals surface area contributed by atoms with Crippen molar-refractivity contribution in [3.05, 3.63) is 70.0 Å². The number of benzene rings is 1. The first kappa shape index (κ1) is 20.2. The molecular weight excluding hydrogens is 402 g/mol. The number of H-pyrrole nitrogens is 1. The van der Waals surface area contributed by atoms with Crippen molar-refractivity contribution in [3.63, 3.8) is 0 Å². The summed E-state index contributed by atoms with van der Waals surface area (Å²) in [7, 11) is 0. The number of carbonyl (C=O) groups is 3. The third-order valence-electron chi connectivity index (χ3n) is 5.38. The molecule has 1 aliphatic rings. The number of rotatable bonds is 4. The van der Waals surface area contributed by atoms with E-state index in [0.717, 1.165) is 0 Å². The summed E-state index contributed by atoms with van der Waals surface area (Å²) >= 11 is 0. The average Bonchev–Trinajstić information content (AvgIpc) is 3.22. The van der Waals surface area contributed by atoms with Gasteiger partial charge in [-0.2, -0.15) is 0 Å². The summed E-state index contributed by atoms with van der Waals surface area (Å²) in [6.07, 6.45) is 2.53. The Balaban J connectivity index is 1.53.